The fourth-order valence-corrected chi connectivity index (χ4v) is 1.74. The van der Waals surface area contributed by atoms with Crippen molar-refractivity contribution in [3.05, 3.63) is 35.4 Å². The van der Waals surface area contributed by atoms with Gasteiger partial charge in [-0.05, 0) is 37.5 Å². The van der Waals surface area contributed by atoms with Crippen molar-refractivity contribution >= 4 is 11.8 Å². The van der Waals surface area contributed by atoms with Crippen LogP contribution in [0.2, 0.25) is 0 Å². The molecule has 1 unspecified atom stereocenters. The van der Waals surface area contributed by atoms with Crippen LogP contribution < -0.4 is 16.4 Å². The molecule has 102 valence electrons. The molecule has 4 N–H and O–H groups in total. The SMILES string of the molecule is CC(NC(=O)c1cccc(CN)c1)C(=O)NC1CC1. The Hall–Kier alpha value is -1.88. The lowest BCUT2D eigenvalue weighted by Gasteiger charge is -2.14. The maximum absolute atomic E-state index is 12.0. The van der Waals surface area contributed by atoms with Gasteiger partial charge in [0.25, 0.3) is 5.91 Å². The first-order chi connectivity index (χ1) is 9.10. The van der Waals surface area contributed by atoms with Gasteiger partial charge in [0.1, 0.15) is 6.04 Å². The van der Waals surface area contributed by atoms with Crippen LogP contribution in [0.25, 0.3) is 0 Å². The minimum absolute atomic E-state index is 0.133. The first kappa shape index (κ1) is 13.5. The van der Waals surface area contributed by atoms with E-state index in [-0.39, 0.29) is 11.8 Å². The van der Waals surface area contributed by atoms with E-state index in [4.69, 9.17) is 5.73 Å². The number of carbonyl (C=O) groups is 2. The van der Waals surface area contributed by atoms with Crippen LogP contribution in [0.15, 0.2) is 24.3 Å². The molecule has 0 radical (unpaired) electrons. The lowest BCUT2D eigenvalue weighted by molar-refractivity contribution is -0.122. The van der Waals surface area contributed by atoms with Crippen molar-refractivity contribution < 1.29 is 9.59 Å². The number of amides is 2. The van der Waals surface area contributed by atoms with Crippen molar-refractivity contribution in [1.82, 2.24) is 10.6 Å². The standard InChI is InChI=1S/C14H19N3O2/c1-9(13(18)17-12-5-6-12)16-14(19)11-4-2-3-10(7-11)8-15/h2-4,7,9,12H,5-6,8,15H2,1H3,(H,16,19)(H,17,18). The summed E-state index contributed by atoms with van der Waals surface area (Å²) in [5.41, 5.74) is 6.95. The van der Waals surface area contributed by atoms with Gasteiger partial charge >= 0.3 is 0 Å². The zero-order chi connectivity index (χ0) is 13.8. The zero-order valence-corrected chi connectivity index (χ0v) is 11.0. The van der Waals surface area contributed by atoms with Crippen LogP contribution in [0, 0.1) is 0 Å². The van der Waals surface area contributed by atoms with Crippen LogP contribution >= 0.6 is 0 Å². The average Bonchev–Trinajstić information content (AvgIpc) is 3.22. The summed E-state index contributed by atoms with van der Waals surface area (Å²) in [5.74, 6) is -0.389. The van der Waals surface area contributed by atoms with Crippen LogP contribution in [-0.4, -0.2) is 23.9 Å². The van der Waals surface area contributed by atoms with Gasteiger partial charge < -0.3 is 16.4 Å². The van der Waals surface area contributed by atoms with E-state index in [2.05, 4.69) is 10.6 Å². The van der Waals surface area contributed by atoms with E-state index in [0.29, 0.717) is 18.2 Å². The van der Waals surface area contributed by atoms with Gasteiger partial charge in [-0.3, -0.25) is 9.59 Å². The largest absolute Gasteiger partial charge is 0.352 e. The Morgan fingerprint density at radius 2 is 2.16 bits per heavy atom. The quantitative estimate of drug-likeness (QED) is 0.723. The predicted molar refractivity (Wildman–Crippen MR) is 72.4 cm³/mol. The lowest BCUT2D eigenvalue weighted by atomic mass is 10.1. The maximum Gasteiger partial charge on any atom is 0.251 e. The molecule has 5 nitrogen and oxygen atoms in total. The molecule has 1 fully saturated rings. The number of benzene rings is 1. The van der Waals surface area contributed by atoms with E-state index in [1.807, 2.05) is 6.07 Å². The van der Waals surface area contributed by atoms with Gasteiger partial charge in [-0.15, -0.1) is 0 Å². The zero-order valence-electron chi connectivity index (χ0n) is 11.0. The number of hydrogen-bond acceptors (Lipinski definition) is 3. The van der Waals surface area contributed by atoms with Gasteiger partial charge in [-0.1, -0.05) is 12.1 Å². The Labute approximate surface area is 112 Å². The fraction of sp³-hybridized carbons (Fsp3) is 0.429. The molecule has 1 aromatic rings. The molecule has 19 heavy (non-hydrogen) atoms. The molecule has 0 spiro atoms. The van der Waals surface area contributed by atoms with Crippen molar-refractivity contribution in [3.63, 3.8) is 0 Å². The number of rotatable bonds is 5. The van der Waals surface area contributed by atoms with Crippen molar-refractivity contribution in [3.8, 4) is 0 Å². The first-order valence-electron chi connectivity index (χ1n) is 6.50. The van der Waals surface area contributed by atoms with E-state index in [1.165, 1.54) is 0 Å². The summed E-state index contributed by atoms with van der Waals surface area (Å²) in [6, 6.07) is 6.86. The average molecular weight is 261 g/mol. The number of nitrogens with two attached hydrogens (primary N) is 1. The number of hydrogen-bond donors (Lipinski definition) is 3. The summed E-state index contributed by atoms with van der Waals surface area (Å²) >= 11 is 0. The van der Waals surface area contributed by atoms with E-state index in [1.54, 1.807) is 25.1 Å². The highest BCUT2D eigenvalue weighted by Gasteiger charge is 2.26. The Bertz CT molecular complexity index is 483. The summed E-state index contributed by atoms with van der Waals surface area (Å²) in [4.78, 5) is 23.7. The van der Waals surface area contributed by atoms with Crippen LogP contribution in [0.4, 0.5) is 0 Å². The topological polar surface area (TPSA) is 84.2 Å². The highest BCUT2D eigenvalue weighted by atomic mass is 16.2. The summed E-state index contributed by atoms with van der Waals surface area (Å²) in [5, 5.41) is 5.55. The van der Waals surface area contributed by atoms with Crippen molar-refractivity contribution in [2.75, 3.05) is 0 Å². The summed E-state index contributed by atoms with van der Waals surface area (Å²) in [6.45, 7) is 2.07. The van der Waals surface area contributed by atoms with Crippen LogP contribution in [0.5, 0.6) is 0 Å². The van der Waals surface area contributed by atoms with E-state index >= 15 is 0 Å². The Morgan fingerprint density at radius 1 is 1.42 bits per heavy atom. The lowest BCUT2D eigenvalue weighted by Crippen LogP contribution is -2.45. The Morgan fingerprint density at radius 3 is 2.79 bits per heavy atom. The maximum atomic E-state index is 12.0. The number of carbonyl (C=O) groups excluding carboxylic acids is 2. The minimum atomic E-state index is -0.533. The monoisotopic (exact) mass is 261 g/mol. The van der Waals surface area contributed by atoms with Crippen LogP contribution in [0.1, 0.15) is 35.7 Å². The smallest absolute Gasteiger partial charge is 0.251 e. The molecule has 1 aliphatic rings. The minimum Gasteiger partial charge on any atom is -0.352 e. The number of nitrogens with one attached hydrogen (secondary N) is 2. The normalized spacial score (nSPS) is 15.7. The molecule has 1 aliphatic carbocycles. The fourth-order valence-electron chi connectivity index (χ4n) is 1.74. The van der Waals surface area contributed by atoms with Crippen LogP contribution in [-0.2, 0) is 11.3 Å². The van der Waals surface area contributed by atoms with E-state index in [0.717, 1.165) is 18.4 Å². The third-order valence-corrected chi connectivity index (χ3v) is 3.09. The van der Waals surface area contributed by atoms with E-state index < -0.39 is 6.04 Å². The molecule has 5 heteroatoms. The molecule has 0 bridgehead atoms. The molecule has 0 saturated heterocycles. The molecule has 0 aliphatic heterocycles. The molecule has 1 atom stereocenters. The summed E-state index contributed by atoms with van der Waals surface area (Å²) in [7, 11) is 0. The van der Waals surface area contributed by atoms with Gasteiger partial charge in [0.15, 0.2) is 0 Å². The summed E-state index contributed by atoms with van der Waals surface area (Å²) in [6.07, 6.45) is 2.07. The molecule has 0 aromatic heterocycles. The molecule has 0 heterocycles. The van der Waals surface area contributed by atoms with Crippen molar-refractivity contribution in [2.45, 2.75) is 38.4 Å². The van der Waals surface area contributed by atoms with Crippen molar-refractivity contribution in [2.24, 2.45) is 5.73 Å². The highest BCUT2D eigenvalue weighted by molar-refractivity contribution is 5.97. The van der Waals surface area contributed by atoms with Crippen LogP contribution in [0.3, 0.4) is 0 Å². The van der Waals surface area contributed by atoms with Gasteiger partial charge in [0.2, 0.25) is 5.91 Å². The Balaban J connectivity index is 1.93. The van der Waals surface area contributed by atoms with Gasteiger partial charge in [0.05, 0.1) is 0 Å². The van der Waals surface area contributed by atoms with Crippen molar-refractivity contribution in [1.29, 1.82) is 0 Å². The second kappa shape index (κ2) is 5.84. The van der Waals surface area contributed by atoms with Gasteiger partial charge in [0, 0.05) is 18.2 Å². The summed E-state index contributed by atoms with van der Waals surface area (Å²) < 4.78 is 0. The van der Waals surface area contributed by atoms with Gasteiger partial charge in [-0.25, -0.2) is 0 Å². The second-order valence-corrected chi connectivity index (χ2v) is 4.88. The molecule has 1 saturated carbocycles. The molecule has 2 amide bonds. The highest BCUT2D eigenvalue weighted by Crippen LogP contribution is 2.18. The third kappa shape index (κ3) is 3.79. The second-order valence-electron chi connectivity index (χ2n) is 4.88. The predicted octanol–water partition coefficient (Wildman–Crippen LogP) is 0.542. The molecular formula is C14H19N3O2. The first-order valence-corrected chi connectivity index (χ1v) is 6.50. The third-order valence-electron chi connectivity index (χ3n) is 3.09. The molecular weight excluding hydrogens is 242 g/mol. The van der Waals surface area contributed by atoms with Gasteiger partial charge in [-0.2, -0.15) is 0 Å². The Kier molecular flexibility index (Phi) is 4.16. The van der Waals surface area contributed by atoms with E-state index in [9.17, 15) is 9.59 Å². The molecule has 1 aromatic carbocycles. The molecule has 2 rings (SSSR count).